The zero-order valence-corrected chi connectivity index (χ0v) is 15.1. The summed E-state index contributed by atoms with van der Waals surface area (Å²) >= 11 is 0. The minimum Gasteiger partial charge on any atom is -0.387 e. The molecule has 1 saturated heterocycles. The molecular formula is C21H30N2O2. The first kappa shape index (κ1) is 17.0. The van der Waals surface area contributed by atoms with Gasteiger partial charge in [-0.25, -0.2) is 0 Å². The molecular weight excluding hydrogens is 312 g/mol. The van der Waals surface area contributed by atoms with Gasteiger partial charge in [0.2, 0.25) is 5.91 Å². The number of fused-ring (bicyclic) bond motifs is 1. The lowest BCUT2D eigenvalue weighted by Gasteiger charge is -2.32. The Morgan fingerprint density at radius 2 is 1.84 bits per heavy atom. The normalized spacial score (nSPS) is 23.0. The lowest BCUT2D eigenvalue weighted by atomic mass is 9.95. The number of likely N-dealkylation sites (tertiary alicyclic amines) is 1. The third-order valence-electron chi connectivity index (χ3n) is 6.21. The Kier molecular flexibility index (Phi) is 5.09. The van der Waals surface area contributed by atoms with Crippen LogP contribution < -0.4 is 4.90 Å². The minimum atomic E-state index is -0.427. The molecule has 0 spiro atoms. The van der Waals surface area contributed by atoms with Crippen LogP contribution in [0, 0.1) is 5.92 Å². The molecule has 4 heteroatoms. The third-order valence-corrected chi connectivity index (χ3v) is 6.21. The predicted molar refractivity (Wildman–Crippen MR) is 99.7 cm³/mol. The molecule has 2 fully saturated rings. The Balaban J connectivity index is 1.50. The van der Waals surface area contributed by atoms with Gasteiger partial charge in [-0.2, -0.15) is 0 Å². The maximum atomic E-state index is 12.9. The highest BCUT2D eigenvalue weighted by atomic mass is 16.3. The molecule has 0 aromatic heterocycles. The van der Waals surface area contributed by atoms with Gasteiger partial charge >= 0.3 is 0 Å². The third kappa shape index (κ3) is 3.61. The number of β-amino-alcohol motifs (C(OH)–C–C–N with tert-alkyl or cyclic N) is 1. The first-order valence-electron chi connectivity index (χ1n) is 10.1. The summed E-state index contributed by atoms with van der Waals surface area (Å²) in [7, 11) is 0. The number of carbonyl (C=O) groups is 1. The fourth-order valence-corrected chi connectivity index (χ4v) is 4.76. The smallest absolute Gasteiger partial charge is 0.230 e. The van der Waals surface area contributed by atoms with E-state index in [9.17, 15) is 9.90 Å². The number of nitrogens with zero attached hydrogens (tertiary/aromatic N) is 2. The van der Waals surface area contributed by atoms with E-state index in [0.29, 0.717) is 5.91 Å². The first-order valence-corrected chi connectivity index (χ1v) is 10.1. The van der Waals surface area contributed by atoms with Gasteiger partial charge in [-0.1, -0.05) is 25.0 Å². The van der Waals surface area contributed by atoms with Gasteiger partial charge in [0.1, 0.15) is 0 Å². The molecule has 1 amide bonds. The number of amides is 1. The van der Waals surface area contributed by atoms with Gasteiger partial charge in [0.05, 0.1) is 6.10 Å². The summed E-state index contributed by atoms with van der Waals surface area (Å²) < 4.78 is 0. The molecule has 3 aliphatic rings. The van der Waals surface area contributed by atoms with E-state index in [1.54, 1.807) is 0 Å². The summed E-state index contributed by atoms with van der Waals surface area (Å²) in [6.07, 6.45) is 8.59. The molecule has 1 unspecified atom stereocenters. The molecule has 2 heterocycles. The summed E-state index contributed by atoms with van der Waals surface area (Å²) in [5, 5.41) is 10.6. The highest BCUT2D eigenvalue weighted by Crippen LogP contribution is 2.34. The second-order valence-corrected chi connectivity index (χ2v) is 7.99. The van der Waals surface area contributed by atoms with Crippen LogP contribution in [-0.4, -0.2) is 42.1 Å². The van der Waals surface area contributed by atoms with E-state index in [1.807, 2.05) is 11.0 Å². The van der Waals surface area contributed by atoms with Crippen molar-refractivity contribution in [2.45, 2.75) is 57.5 Å². The standard InChI is InChI=1S/C21H30N2O2/c24-20(15-22-11-3-4-12-22)18-9-10-19-17(14-18)8-5-13-23(19)21(25)16-6-1-2-7-16/h9-10,14,16,20,24H,1-8,11-13,15H2. The van der Waals surface area contributed by atoms with E-state index in [0.717, 1.165) is 63.1 Å². The number of aliphatic hydroxyl groups excluding tert-OH is 1. The number of benzene rings is 1. The Morgan fingerprint density at radius 3 is 2.60 bits per heavy atom. The first-order chi connectivity index (χ1) is 12.2. The number of carbonyl (C=O) groups excluding carboxylic acids is 1. The average molecular weight is 342 g/mol. The van der Waals surface area contributed by atoms with Crippen molar-refractivity contribution in [2.75, 3.05) is 31.1 Å². The predicted octanol–water partition coefficient (Wildman–Crippen LogP) is 3.29. The summed E-state index contributed by atoms with van der Waals surface area (Å²) in [6, 6.07) is 6.24. The van der Waals surface area contributed by atoms with Gasteiger partial charge in [0.15, 0.2) is 0 Å². The topological polar surface area (TPSA) is 43.8 Å². The summed E-state index contributed by atoms with van der Waals surface area (Å²) in [5.41, 5.74) is 3.32. The minimum absolute atomic E-state index is 0.228. The van der Waals surface area contributed by atoms with E-state index in [4.69, 9.17) is 0 Å². The summed E-state index contributed by atoms with van der Waals surface area (Å²) in [6.45, 7) is 3.78. The van der Waals surface area contributed by atoms with E-state index in [-0.39, 0.29) is 5.92 Å². The molecule has 0 radical (unpaired) electrons. The van der Waals surface area contributed by atoms with E-state index in [1.165, 1.54) is 31.2 Å². The molecule has 1 aromatic rings. The van der Waals surface area contributed by atoms with Gasteiger partial charge in [0, 0.05) is 24.7 Å². The van der Waals surface area contributed by atoms with Crippen LogP contribution in [0.3, 0.4) is 0 Å². The van der Waals surface area contributed by atoms with Crippen molar-refractivity contribution >= 4 is 11.6 Å². The lowest BCUT2D eigenvalue weighted by Crippen LogP contribution is -2.39. The van der Waals surface area contributed by atoms with Crippen LogP contribution in [-0.2, 0) is 11.2 Å². The Hall–Kier alpha value is -1.39. The van der Waals surface area contributed by atoms with E-state index >= 15 is 0 Å². The molecule has 0 bridgehead atoms. The van der Waals surface area contributed by atoms with Gasteiger partial charge < -0.3 is 14.9 Å². The van der Waals surface area contributed by atoms with Crippen molar-refractivity contribution in [1.29, 1.82) is 0 Å². The second kappa shape index (κ2) is 7.46. The SMILES string of the molecule is O=C(C1CCCC1)N1CCCc2cc(C(O)CN3CCCC3)ccc21. The molecule has 136 valence electrons. The van der Waals surface area contributed by atoms with Crippen LogP contribution >= 0.6 is 0 Å². The Bertz CT molecular complexity index is 618. The summed E-state index contributed by atoms with van der Waals surface area (Å²) in [5.74, 6) is 0.551. The van der Waals surface area contributed by atoms with Crippen LogP contribution in [0.4, 0.5) is 5.69 Å². The monoisotopic (exact) mass is 342 g/mol. The van der Waals surface area contributed by atoms with Crippen molar-refractivity contribution in [1.82, 2.24) is 4.90 Å². The van der Waals surface area contributed by atoms with Gasteiger partial charge in [-0.3, -0.25) is 4.79 Å². The fourth-order valence-electron chi connectivity index (χ4n) is 4.76. The van der Waals surface area contributed by atoms with Crippen LogP contribution in [0.25, 0.3) is 0 Å². The van der Waals surface area contributed by atoms with Crippen molar-refractivity contribution in [2.24, 2.45) is 5.92 Å². The molecule has 25 heavy (non-hydrogen) atoms. The molecule has 1 atom stereocenters. The van der Waals surface area contributed by atoms with Gasteiger partial charge in [-0.05, 0) is 68.8 Å². The number of aliphatic hydroxyl groups is 1. The molecule has 4 nitrogen and oxygen atoms in total. The number of hydrogen-bond donors (Lipinski definition) is 1. The van der Waals surface area contributed by atoms with Crippen molar-refractivity contribution in [3.63, 3.8) is 0 Å². The molecule has 4 rings (SSSR count). The van der Waals surface area contributed by atoms with E-state index in [2.05, 4.69) is 17.0 Å². The zero-order valence-electron chi connectivity index (χ0n) is 15.1. The maximum Gasteiger partial charge on any atom is 0.230 e. The fraction of sp³-hybridized carbons (Fsp3) is 0.667. The maximum absolute atomic E-state index is 12.9. The summed E-state index contributed by atoms with van der Waals surface area (Å²) in [4.78, 5) is 17.2. The van der Waals surface area contributed by atoms with Gasteiger partial charge in [-0.15, -0.1) is 0 Å². The van der Waals surface area contributed by atoms with E-state index < -0.39 is 6.10 Å². The molecule has 2 aliphatic heterocycles. The van der Waals surface area contributed by atoms with Crippen LogP contribution in [0.15, 0.2) is 18.2 Å². The quantitative estimate of drug-likeness (QED) is 0.913. The largest absolute Gasteiger partial charge is 0.387 e. The molecule has 1 N–H and O–H groups in total. The highest BCUT2D eigenvalue weighted by Gasteiger charge is 2.31. The molecule has 1 saturated carbocycles. The average Bonchev–Trinajstić information content (AvgIpc) is 3.34. The van der Waals surface area contributed by atoms with Crippen molar-refractivity contribution < 1.29 is 9.90 Å². The number of aryl methyl sites for hydroxylation is 1. The number of anilines is 1. The van der Waals surface area contributed by atoms with Crippen LogP contribution in [0.5, 0.6) is 0 Å². The molecule has 1 aliphatic carbocycles. The second-order valence-electron chi connectivity index (χ2n) is 7.99. The lowest BCUT2D eigenvalue weighted by molar-refractivity contribution is -0.122. The zero-order chi connectivity index (χ0) is 17.2. The highest BCUT2D eigenvalue weighted by molar-refractivity contribution is 5.96. The van der Waals surface area contributed by atoms with Crippen LogP contribution in [0.1, 0.15) is 62.2 Å². The number of hydrogen-bond acceptors (Lipinski definition) is 3. The molecule has 1 aromatic carbocycles. The Morgan fingerprint density at radius 1 is 1.08 bits per heavy atom. The number of rotatable bonds is 4. The Labute approximate surface area is 150 Å². The van der Waals surface area contributed by atoms with Crippen molar-refractivity contribution in [3.8, 4) is 0 Å². The van der Waals surface area contributed by atoms with Crippen LogP contribution in [0.2, 0.25) is 0 Å². The van der Waals surface area contributed by atoms with Gasteiger partial charge in [0.25, 0.3) is 0 Å². The van der Waals surface area contributed by atoms with Crippen molar-refractivity contribution in [3.05, 3.63) is 29.3 Å².